The molecule has 0 radical (unpaired) electrons. The first kappa shape index (κ1) is 12.9. The van der Waals surface area contributed by atoms with Crippen LogP contribution in [0.2, 0.25) is 0 Å². The standard InChI is InChI=1S/C12H18N2OS/c1-2-14(8-9-15)12(16)13-10-11-6-4-3-5-7-11/h3-7,15H,2,8-10H2,1H3,(H,13,16). The molecule has 1 rings (SSSR count). The number of hydrogen-bond acceptors (Lipinski definition) is 2. The van der Waals surface area contributed by atoms with Crippen LogP contribution in [0, 0.1) is 0 Å². The van der Waals surface area contributed by atoms with E-state index in [1.807, 2.05) is 30.0 Å². The van der Waals surface area contributed by atoms with Crippen LogP contribution in [0.3, 0.4) is 0 Å². The largest absolute Gasteiger partial charge is 0.395 e. The van der Waals surface area contributed by atoms with Crippen molar-refractivity contribution in [1.29, 1.82) is 0 Å². The second-order valence-electron chi connectivity index (χ2n) is 3.45. The van der Waals surface area contributed by atoms with E-state index in [4.69, 9.17) is 17.3 Å². The molecule has 0 heterocycles. The van der Waals surface area contributed by atoms with Gasteiger partial charge in [-0.1, -0.05) is 30.3 Å². The molecule has 0 aliphatic heterocycles. The van der Waals surface area contributed by atoms with Gasteiger partial charge in [-0.2, -0.15) is 0 Å². The summed E-state index contributed by atoms with van der Waals surface area (Å²) in [6.45, 7) is 4.26. The van der Waals surface area contributed by atoms with Gasteiger partial charge in [0.05, 0.1) is 6.61 Å². The van der Waals surface area contributed by atoms with Crippen molar-refractivity contribution in [2.24, 2.45) is 0 Å². The van der Waals surface area contributed by atoms with Crippen molar-refractivity contribution in [2.45, 2.75) is 13.5 Å². The summed E-state index contributed by atoms with van der Waals surface area (Å²) in [5.74, 6) is 0. The van der Waals surface area contributed by atoms with Crippen LogP contribution in [0.4, 0.5) is 0 Å². The van der Waals surface area contributed by atoms with Gasteiger partial charge in [0.2, 0.25) is 0 Å². The van der Waals surface area contributed by atoms with Gasteiger partial charge in [0.15, 0.2) is 5.11 Å². The van der Waals surface area contributed by atoms with Crippen LogP contribution < -0.4 is 5.32 Å². The van der Waals surface area contributed by atoms with Gasteiger partial charge in [0.25, 0.3) is 0 Å². The molecule has 0 fully saturated rings. The molecule has 0 spiro atoms. The number of aliphatic hydroxyl groups is 1. The lowest BCUT2D eigenvalue weighted by atomic mass is 10.2. The minimum absolute atomic E-state index is 0.126. The van der Waals surface area contributed by atoms with Crippen LogP contribution in [0.1, 0.15) is 12.5 Å². The smallest absolute Gasteiger partial charge is 0.169 e. The van der Waals surface area contributed by atoms with E-state index in [9.17, 15) is 0 Å². The predicted octanol–water partition coefficient (Wildman–Crippen LogP) is 1.38. The van der Waals surface area contributed by atoms with Crippen molar-refractivity contribution in [3.05, 3.63) is 35.9 Å². The average molecular weight is 238 g/mol. The first-order valence-corrected chi connectivity index (χ1v) is 5.86. The van der Waals surface area contributed by atoms with E-state index >= 15 is 0 Å². The molecule has 16 heavy (non-hydrogen) atoms. The maximum Gasteiger partial charge on any atom is 0.169 e. The highest BCUT2D eigenvalue weighted by Crippen LogP contribution is 1.98. The van der Waals surface area contributed by atoms with E-state index in [0.717, 1.165) is 13.1 Å². The third kappa shape index (κ3) is 4.16. The fourth-order valence-electron chi connectivity index (χ4n) is 1.41. The van der Waals surface area contributed by atoms with Crippen molar-refractivity contribution in [3.8, 4) is 0 Å². The van der Waals surface area contributed by atoms with Crippen LogP contribution in [0.25, 0.3) is 0 Å². The van der Waals surface area contributed by atoms with E-state index < -0.39 is 0 Å². The van der Waals surface area contributed by atoms with Crippen LogP contribution >= 0.6 is 12.2 Å². The zero-order chi connectivity index (χ0) is 11.8. The Labute approximate surface area is 102 Å². The maximum absolute atomic E-state index is 8.87. The third-order valence-electron chi connectivity index (χ3n) is 2.33. The lowest BCUT2D eigenvalue weighted by molar-refractivity contribution is 0.252. The molecule has 0 saturated carbocycles. The molecule has 0 atom stereocenters. The Bertz CT molecular complexity index is 316. The lowest BCUT2D eigenvalue weighted by Gasteiger charge is -2.23. The number of rotatable bonds is 5. The van der Waals surface area contributed by atoms with E-state index in [2.05, 4.69) is 17.4 Å². The Morgan fingerprint density at radius 2 is 2.06 bits per heavy atom. The minimum Gasteiger partial charge on any atom is -0.395 e. The van der Waals surface area contributed by atoms with E-state index in [-0.39, 0.29) is 6.61 Å². The number of benzene rings is 1. The van der Waals surface area contributed by atoms with Gasteiger partial charge >= 0.3 is 0 Å². The number of hydrogen-bond donors (Lipinski definition) is 2. The van der Waals surface area contributed by atoms with Gasteiger partial charge < -0.3 is 15.3 Å². The monoisotopic (exact) mass is 238 g/mol. The van der Waals surface area contributed by atoms with E-state index in [1.165, 1.54) is 5.56 Å². The van der Waals surface area contributed by atoms with Gasteiger partial charge in [-0.3, -0.25) is 0 Å². The second kappa shape index (κ2) is 7.19. The molecule has 0 saturated heterocycles. The number of aliphatic hydroxyl groups excluding tert-OH is 1. The Balaban J connectivity index is 2.40. The van der Waals surface area contributed by atoms with Gasteiger partial charge in [0, 0.05) is 19.6 Å². The lowest BCUT2D eigenvalue weighted by Crippen LogP contribution is -2.40. The second-order valence-corrected chi connectivity index (χ2v) is 3.83. The highest BCUT2D eigenvalue weighted by atomic mass is 32.1. The fourth-order valence-corrected chi connectivity index (χ4v) is 1.70. The van der Waals surface area contributed by atoms with Crippen LogP contribution in [0.5, 0.6) is 0 Å². The number of nitrogens with zero attached hydrogens (tertiary/aromatic N) is 1. The summed E-state index contributed by atoms with van der Waals surface area (Å²) in [5, 5.41) is 12.7. The summed E-state index contributed by atoms with van der Waals surface area (Å²) in [6.07, 6.45) is 0. The van der Waals surface area contributed by atoms with Crippen LogP contribution in [-0.2, 0) is 6.54 Å². The Morgan fingerprint density at radius 1 is 1.38 bits per heavy atom. The quantitative estimate of drug-likeness (QED) is 0.760. The molecular formula is C12H18N2OS. The summed E-state index contributed by atoms with van der Waals surface area (Å²) < 4.78 is 0. The van der Waals surface area contributed by atoms with Crippen molar-refractivity contribution in [2.75, 3.05) is 19.7 Å². The van der Waals surface area contributed by atoms with Crippen molar-refractivity contribution in [1.82, 2.24) is 10.2 Å². The van der Waals surface area contributed by atoms with Gasteiger partial charge in [-0.05, 0) is 24.7 Å². The molecule has 0 aliphatic carbocycles. The molecule has 4 heteroatoms. The topological polar surface area (TPSA) is 35.5 Å². The minimum atomic E-state index is 0.126. The molecule has 2 N–H and O–H groups in total. The normalized spacial score (nSPS) is 9.88. The highest BCUT2D eigenvalue weighted by molar-refractivity contribution is 7.80. The van der Waals surface area contributed by atoms with E-state index in [0.29, 0.717) is 11.7 Å². The first-order chi connectivity index (χ1) is 7.77. The van der Waals surface area contributed by atoms with Crippen LogP contribution in [-0.4, -0.2) is 34.8 Å². The molecule has 3 nitrogen and oxygen atoms in total. The highest BCUT2D eigenvalue weighted by Gasteiger charge is 2.05. The number of likely N-dealkylation sites (N-methyl/N-ethyl adjacent to an activating group) is 1. The van der Waals surface area contributed by atoms with Crippen molar-refractivity contribution >= 4 is 17.3 Å². The Morgan fingerprint density at radius 3 is 2.62 bits per heavy atom. The summed E-state index contributed by atoms with van der Waals surface area (Å²) in [7, 11) is 0. The summed E-state index contributed by atoms with van der Waals surface area (Å²) in [6, 6.07) is 10.1. The third-order valence-corrected chi connectivity index (χ3v) is 2.73. The van der Waals surface area contributed by atoms with Crippen LogP contribution in [0.15, 0.2) is 30.3 Å². The van der Waals surface area contributed by atoms with Gasteiger partial charge in [-0.25, -0.2) is 0 Å². The Hall–Kier alpha value is -1.13. The van der Waals surface area contributed by atoms with Gasteiger partial charge in [-0.15, -0.1) is 0 Å². The Kier molecular flexibility index (Phi) is 5.82. The summed E-state index contributed by atoms with van der Waals surface area (Å²) >= 11 is 5.24. The van der Waals surface area contributed by atoms with Gasteiger partial charge in [0.1, 0.15) is 0 Å². The molecule has 1 aromatic rings. The fraction of sp³-hybridized carbons (Fsp3) is 0.417. The zero-order valence-corrected chi connectivity index (χ0v) is 10.3. The molecule has 0 aliphatic rings. The summed E-state index contributed by atoms with van der Waals surface area (Å²) in [5.41, 5.74) is 1.20. The molecule has 88 valence electrons. The number of nitrogens with one attached hydrogen (secondary N) is 1. The van der Waals surface area contributed by atoms with Crippen molar-refractivity contribution < 1.29 is 5.11 Å². The molecular weight excluding hydrogens is 220 g/mol. The molecule has 0 aromatic heterocycles. The van der Waals surface area contributed by atoms with Crippen molar-refractivity contribution in [3.63, 3.8) is 0 Å². The van der Waals surface area contributed by atoms with E-state index in [1.54, 1.807) is 0 Å². The molecule has 0 bridgehead atoms. The maximum atomic E-state index is 8.87. The summed E-state index contributed by atoms with van der Waals surface area (Å²) in [4.78, 5) is 1.94. The molecule has 0 amide bonds. The number of thiocarbonyl (C=S) groups is 1. The zero-order valence-electron chi connectivity index (χ0n) is 9.52. The average Bonchev–Trinajstić information content (AvgIpc) is 2.34. The first-order valence-electron chi connectivity index (χ1n) is 5.45. The predicted molar refractivity (Wildman–Crippen MR) is 70.2 cm³/mol. The molecule has 0 unspecified atom stereocenters. The molecule has 1 aromatic carbocycles. The SMILES string of the molecule is CCN(CCO)C(=S)NCc1ccccc1.